The first-order valence-corrected chi connectivity index (χ1v) is 12.1. The van der Waals surface area contributed by atoms with Crippen molar-refractivity contribution in [3.8, 4) is 5.75 Å². The van der Waals surface area contributed by atoms with Gasteiger partial charge in [0.25, 0.3) is 5.91 Å². The van der Waals surface area contributed by atoms with Crippen molar-refractivity contribution in [3.63, 3.8) is 0 Å². The van der Waals surface area contributed by atoms with Crippen molar-refractivity contribution in [3.05, 3.63) is 101 Å². The molecule has 1 saturated heterocycles. The molecule has 0 aromatic heterocycles. The quantitative estimate of drug-likeness (QED) is 0.487. The number of amides is 2. The van der Waals surface area contributed by atoms with Crippen molar-refractivity contribution in [2.75, 3.05) is 18.9 Å². The Morgan fingerprint density at radius 1 is 1.03 bits per heavy atom. The predicted octanol–water partition coefficient (Wildman–Crippen LogP) is 4.89. The summed E-state index contributed by atoms with van der Waals surface area (Å²) in [6, 6.07) is 23.6. The number of carbonyl (C=O) groups is 2. The topological polar surface area (TPSA) is 58.6 Å². The highest BCUT2D eigenvalue weighted by Crippen LogP contribution is 2.39. The molecule has 1 atom stereocenters. The molecule has 1 fully saturated rings. The normalized spacial score (nSPS) is 15.5. The maximum atomic E-state index is 12.5. The summed E-state index contributed by atoms with van der Waals surface area (Å²) in [7, 11) is 0. The molecule has 1 N–H and O–H groups in total. The third kappa shape index (κ3) is 5.96. The molecule has 4 rings (SSSR count). The largest absolute Gasteiger partial charge is 0.492 e. The first-order valence-electron chi connectivity index (χ1n) is 11.0. The van der Waals surface area contributed by atoms with Gasteiger partial charge in [-0.1, -0.05) is 48.5 Å². The summed E-state index contributed by atoms with van der Waals surface area (Å²) >= 11 is 1.62. The number of hydrogen-bond donors (Lipinski definition) is 1. The van der Waals surface area contributed by atoms with Crippen molar-refractivity contribution in [2.24, 2.45) is 0 Å². The smallest absolute Gasteiger partial charge is 0.251 e. The van der Waals surface area contributed by atoms with Crippen LogP contribution in [0.25, 0.3) is 0 Å². The molecule has 5 nitrogen and oxygen atoms in total. The molecule has 6 heteroatoms. The number of nitrogens with one attached hydrogen (secondary N) is 1. The number of carbonyl (C=O) groups excluding carboxylic acids is 2. The van der Waals surface area contributed by atoms with Crippen molar-refractivity contribution in [1.82, 2.24) is 10.2 Å². The van der Waals surface area contributed by atoms with Crippen LogP contribution in [0.5, 0.6) is 5.75 Å². The maximum Gasteiger partial charge on any atom is 0.251 e. The predicted molar refractivity (Wildman–Crippen MR) is 132 cm³/mol. The number of ether oxygens (including phenoxy) is 1. The van der Waals surface area contributed by atoms with E-state index in [-0.39, 0.29) is 17.2 Å². The molecular formula is C27H28N2O3S. The van der Waals surface area contributed by atoms with Crippen LogP contribution in [-0.4, -0.2) is 35.6 Å². The van der Waals surface area contributed by atoms with Gasteiger partial charge in [-0.25, -0.2) is 0 Å². The molecule has 1 heterocycles. The Labute approximate surface area is 199 Å². The van der Waals surface area contributed by atoms with Crippen LogP contribution < -0.4 is 10.1 Å². The maximum absolute atomic E-state index is 12.5. The summed E-state index contributed by atoms with van der Waals surface area (Å²) in [4.78, 5) is 26.9. The monoisotopic (exact) mass is 460 g/mol. The molecule has 0 bridgehead atoms. The minimum absolute atomic E-state index is 0.0407. The lowest BCUT2D eigenvalue weighted by molar-refractivity contribution is -0.128. The van der Waals surface area contributed by atoms with Gasteiger partial charge in [-0.2, -0.15) is 0 Å². The second kappa shape index (κ2) is 10.6. The summed E-state index contributed by atoms with van der Waals surface area (Å²) < 4.78 is 5.76. The van der Waals surface area contributed by atoms with E-state index in [4.69, 9.17) is 4.74 Å². The van der Waals surface area contributed by atoms with Gasteiger partial charge in [-0.3, -0.25) is 9.59 Å². The molecule has 0 unspecified atom stereocenters. The van der Waals surface area contributed by atoms with E-state index in [1.54, 1.807) is 11.8 Å². The highest BCUT2D eigenvalue weighted by Gasteiger charge is 2.32. The zero-order valence-electron chi connectivity index (χ0n) is 18.9. The standard InChI is InChI=1S/C27H28N2O3S/c1-19-14-20(2)16-24(15-19)32-13-12-28-26(31)22-8-10-23(11-9-22)27-29(25(30)18-33-27)17-21-6-4-3-5-7-21/h3-11,14-16,27H,12-13,17-18H2,1-2H3,(H,28,31)/t27-/m1/s1. The molecular weight excluding hydrogens is 432 g/mol. The zero-order chi connectivity index (χ0) is 23.2. The Kier molecular flexibility index (Phi) is 7.35. The summed E-state index contributed by atoms with van der Waals surface area (Å²) in [6.07, 6.45) is 0. The number of hydrogen-bond acceptors (Lipinski definition) is 4. The summed E-state index contributed by atoms with van der Waals surface area (Å²) in [5, 5.41) is 2.86. The highest BCUT2D eigenvalue weighted by atomic mass is 32.2. The van der Waals surface area contributed by atoms with Crippen LogP contribution in [0.3, 0.4) is 0 Å². The summed E-state index contributed by atoms with van der Waals surface area (Å²) in [6.45, 7) is 5.48. The van der Waals surface area contributed by atoms with E-state index < -0.39 is 0 Å². The second-order valence-electron chi connectivity index (χ2n) is 8.22. The summed E-state index contributed by atoms with van der Waals surface area (Å²) in [5.74, 6) is 1.29. The number of rotatable bonds is 8. The average molecular weight is 461 g/mol. The SMILES string of the molecule is Cc1cc(C)cc(OCCNC(=O)c2ccc([C@H]3SCC(=O)N3Cc3ccccc3)cc2)c1. The average Bonchev–Trinajstić information content (AvgIpc) is 3.17. The van der Waals surface area contributed by atoms with E-state index in [0.29, 0.717) is 31.0 Å². The van der Waals surface area contributed by atoms with Gasteiger partial charge in [0, 0.05) is 12.1 Å². The van der Waals surface area contributed by atoms with Crippen LogP contribution in [0.15, 0.2) is 72.8 Å². The zero-order valence-corrected chi connectivity index (χ0v) is 19.7. The van der Waals surface area contributed by atoms with Gasteiger partial charge in [0.15, 0.2) is 0 Å². The molecule has 2 amide bonds. The van der Waals surface area contributed by atoms with Crippen LogP contribution in [0.4, 0.5) is 0 Å². The number of aryl methyl sites for hydroxylation is 2. The van der Waals surface area contributed by atoms with Crippen molar-refractivity contribution >= 4 is 23.6 Å². The van der Waals surface area contributed by atoms with E-state index in [0.717, 1.165) is 28.0 Å². The number of nitrogens with zero attached hydrogens (tertiary/aromatic N) is 1. The van der Waals surface area contributed by atoms with Crippen molar-refractivity contribution < 1.29 is 14.3 Å². The van der Waals surface area contributed by atoms with Crippen molar-refractivity contribution in [1.29, 1.82) is 0 Å². The fraction of sp³-hybridized carbons (Fsp3) is 0.259. The molecule has 0 aliphatic carbocycles. The van der Waals surface area contributed by atoms with E-state index in [1.165, 1.54) is 0 Å². The molecule has 0 radical (unpaired) electrons. The molecule has 0 saturated carbocycles. The minimum Gasteiger partial charge on any atom is -0.492 e. The molecule has 33 heavy (non-hydrogen) atoms. The minimum atomic E-state index is -0.137. The van der Waals surface area contributed by atoms with Crippen molar-refractivity contribution in [2.45, 2.75) is 25.8 Å². The van der Waals surface area contributed by atoms with Gasteiger partial charge < -0.3 is 15.0 Å². The van der Waals surface area contributed by atoms with Crippen LogP contribution in [0.1, 0.15) is 38.0 Å². The van der Waals surface area contributed by atoms with Crippen LogP contribution in [0, 0.1) is 13.8 Å². The highest BCUT2D eigenvalue weighted by molar-refractivity contribution is 8.00. The van der Waals surface area contributed by atoms with Gasteiger partial charge in [0.2, 0.25) is 5.91 Å². The lowest BCUT2D eigenvalue weighted by Gasteiger charge is -2.24. The molecule has 0 spiro atoms. The van der Waals surface area contributed by atoms with E-state index in [1.807, 2.05) is 85.5 Å². The lowest BCUT2D eigenvalue weighted by Crippen LogP contribution is -2.28. The molecule has 3 aromatic carbocycles. The first kappa shape index (κ1) is 22.9. The number of benzene rings is 3. The van der Waals surface area contributed by atoms with E-state index in [9.17, 15) is 9.59 Å². The van der Waals surface area contributed by atoms with Gasteiger partial charge in [0.05, 0.1) is 12.3 Å². The van der Waals surface area contributed by atoms with E-state index >= 15 is 0 Å². The van der Waals surface area contributed by atoms with Crippen LogP contribution in [-0.2, 0) is 11.3 Å². The first-order chi connectivity index (χ1) is 16.0. The fourth-order valence-corrected chi connectivity index (χ4v) is 5.12. The third-order valence-electron chi connectivity index (χ3n) is 5.47. The third-order valence-corrected chi connectivity index (χ3v) is 6.73. The summed E-state index contributed by atoms with van der Waals surface area (Å²) in [5.41, 5.74) is 5.03. The molecule has 1 aliphatic rings. The van der Waals surface area contributed by atoms with Crippen LogP contribution >= 0.6 is 11.8 Å². The van der Waals surface area contributed by atoms with Gasteiger partial charge in [-0.15, -0.1) is 11.8 Å². The second-order valence-corrected chi connectivity index (χ2v) is 9.29. The molecule has 1 aliphatic heterocycles. The van der Waals surface area contributed by atoms with E-state index in [2.05, 4.69) is 11.4 Å². The Bertz CT molecular complexity index is 1100. The Morgan fingerprint density at radius 3 is 2.42 bits per heavy atom. The molecule has 3 aromatic rings. The van der Waals surface area contributed by atoms with Gasteiger partial charge >= 0.3 is 0 Å². The lowest BCUT2D eigenvalue weighted by atomic mass is 10.1. The number of thioether (sulfide) groups is 1. The van der Waals surface area contributed by atoms with Gasteiger partial charge in [-0.05, 0) is 60.4 Å². The van der Waals surface area contributed by atoms with Crippen LogP contribution in [0.2, 0.25) is 0 Å². The van der Waals surface area contributed by atoms with Gasteiger partial charge in [0.1, 0.15) is 17.7 Å². The Hall–Kier alpha value is -3.25. The Balaban J connectivity index is 1.31. The molecule has 170 valence electrons. The fourth-order valence-electron chi connectivity index (χ4n) is 3.93. The Morgan fingerprint density at radius 2 is 1.73 bits per heavy atom.